The number of nitriles is 1. The fourth-order valence-corrected chi connectivity index (χ4v) is 4.52. The van der Waals surface area contributed by atoms with E-state index in [1.807, 2.05) is 6.07 Å². The molecule has 0 aliphatic heterocycles. The van der Waals surface area contributed by atoms with Gasteiger partial charge in [-0.05, 0) is 12.2 Å². The number of phosphoric ester groups is 1. The molecule has 0 aliphatic rings. The second kappa shape index (κ2) is 20.2. The Bertz CT molecular complexity index is 425. The molecule has 166 valence electrons. The molecule has 1 atom stereocenters. The van der Waals surface area contributed by atoms with Gasteiger partial charge in [0.2, 0.25) is 0 Å². The van der Waals surface area contributed by atoms with Crippen LogP contribution in [-0.2, 0) is 9.09 Å². The molecule has 5 nitrogen and oxygen atoms in total. The van der Waals surface area contributed by atoms with E-state index in [0.717, 1.165) is 12.2 Å². The number of hydrogen-bond donors (Lipinski definition) is 2. The third-order valence-corrected chi connectivity index (χ3v) is 6.54. The van der Waals surface area contributed by atoms with Crippen LogP contribution in [0.15, 0.2) is 0 Å². The van der Waals surface area contributed by atoms with Gasteiger partial charge in [-0.15, -0.1) is 0 Å². The zero-order chi connectivity index (χ0) is 20.9. The molecule has 0 fully saturated rings. The minimum atomic E-state index is -4.47. The summed E-state index contributed by atoms with van der Waals surface area (Å²) in [7, 11) is -4.47. The molecular weight excluding hydrogens is 393 g/mol. The van der Waals surface area contributed by atoms with Crippen LogP contribution in [0.1, 0.15) is 103 Å². The largest absolute Gasteiger partial charge is 0.469 e. The molecule has 0 rings (SSSR count). The van der Waals surface area contributed by atoms with E-state index >= 15 is 0 Å². The zero-order valence-electron chi connectivity index (χ0n) is 17.8. The van der Waals surface area contributed by atoms with Crippen LogP contribution in [0.4, 0.5) is 0 Å². The number of rotatable bonds is 21. The van der Waals surface area contributed by atoms with E-state index in [1.165, 1.54) is 89.9 Å². The van der Waals surface area contributed by atoms with Crippen LogP contribution < -0.4 is 0 Å². The third-order valence-electron chi connectivity index (χ3n) is 4.84. The third kappa shape index (κ3) is 22.2. The van der Waals surface area contributed by atoms with Crippen molar-refractivity contribution in [2.45, 2.75) is 103 Å². The van der Waals surface area contributed by atoms with Crippen LogP contribution in [0.2, 0.25) is 0 Å². The Hall–Kier alpha value is -0.0500. The topological polar surface area (TPSA) is 90.5 Å². The lowest BCUT2D eigenvalue weighted by Crippen LogP contribution is -2.09. The van der Waals surface area contributed by atoms with Crippen LogP contribution in [0.5, 0.6) is 0 Å². The summed E-state index contributed by atoms with van der Waals surface area (Å²) in [5, 5.41) is 8.96. The standard InChI is InChI=1S/C21H42NO4PS/c1-2-3-4-5-6-7-8-9-10-11-12-13-14-15-16-17-28-20-21(18-22)19-26-27(23,24)25/h21H,2-17,19-20H2,1H3,(H2,23,24,25). The second-order valence-electron chi connectivity index (χ2n) is 7.64. The fourth-order valence-electron chi connectivity index (χ4n) is 3.11. The van der Waals surface area contributed by atoms with Crippen LogP contribution in [-0.4, -0.2) is 27.9 Å². The SMILES string of the molecule is CCCCCCCCCCCCCCCCCSCC(C#N)COP(=O)(O)O. The van der Waals surface area contributed by atoms with E-state index in [1.54, 1.807) is 11.8 Å². The van der Waals surface area contributed by atoms with E-state index < -0.39 is 13.7 Å². The Morgan fingerprint density at radius 1 is 0.857 bits per heavy atom. The van der Waals surface area contributed by atoms with E-state index in [0.29, 0.717) is 5.75 Å². The molecule has 0 saturated heterocycles. The summed E-state index contributed by atoms with van der Waals surface area (Å²) in [6.45, 7) is 2.06. The molecule has 0 amide bonds. The molecule has 28 heavy (non-hydrogen) atoms. The smallest absolute Gasteiger partial charge is 0.303 e. The Balaban J connectivity index is 3.25. The van der Waals surface area contributed by atoms with Crippen LogP contribution in [0, 0.1) is 17.2 Å². The Morgan fingerprint density at radius 3 is 1.68 bits per heavy atom. The maximum absolute atomic E-state index is 10.6. The number of thioether (sulfide) groups is 1. The minimum Gasteiger partial charge on any atom is -0.303 e. The molecule has 0 saturated carbocycles. The predicted octanol–water partition coefficient (Wildman–Crippen LogP) is 6.84. The van der Waals surface area contributed by atoms with Gasteiger partial charge < -0.3 is 9.79 Å². The molecule has 0 heterocycles. The van der Waals surface area contributed by atoms with Gasteiger partial charge >= 0.3 is 7.82 Å². The first-order valence-corrected chi connectivity index (χ1v) is 13.9. The summed E-state index contributed by atoms with van der Waals surface area (Å²) >= 11 is 1.67. The van der Waals surface area contributed by atoms with Gasteiger partial charge in [-0.2, -0.15) is 17.0 Å². The van der Waals surface area contributed by atoms with Gasteiger partial charge in [0.05, 0.1) is 18.6 Å². The van der Waals surface area contributed by atoms with Gasteiger partial charge in [0, 0.05) is 5.75 Å². The van der Waals surface area contributed by atoms with Gasteiger partial charge in [0.15, 0.2) is 0 Å². The molecule has 0 aliphatic carbocycles. The lowest BCUT2D eigenvalue weighted by Gasteiger charge is -2.10. The second-order valence-corrected chi connectivity index (χ2v) is 10.0. The molecule has 0 radical (unpaired) electrons. The highest BCUT2D eigenvalue weighted by molar-refractivity contribution is 7.99. The summed E-state index contributed by atoms with van der Waals surface area (Å²) in [5.41, 5.74) is 0. The molecule has 0 aromatic rings. The fraction of sp³-hybridized carbons (Fsp3) is 0.952. The maximum atomic E-state index is 10.6. The summed E-state index contributed by atoms with van der Waals surface area (Å²) in [5.74, 6) is 1.09. The van der Waals surface area contributed by atoms with E-state index in [-0.39, 0.29) is 6.61 Å². The zero-order valence-corrected chi connectivity index (χ0v) is 19.5. The van der Waals surface area contributed by atoms with E-state index in [2.05, 4.69) is 11.4 Å². The van der Waals surface area contributed by atoms with Crippen molar-refractivity contribution in [3.63, 3.8) is 0 Å². The van der Waals surface area contributed by atoms with Crippen molar-refractivity contribution in [3.8, 4) is 6.07 Å². The first kappa shape index (κ1) is 27.9. The van der Waals surface area contributed by atoms with Crippen molar-refractivity contribution in [2.24, 2.45) is 5.92 Å². The van der Waals surface area contributed by atoms with Crippen molar-refractivity contribution in [1.82, 2.24) is 0 Å². The van der Waals surface area contributed by atoms with Gasteiger partial charge in [-0.3, -0.25) is 4.52 Å². The van der Waals surface area contributed by atoms with Crippen molar-refractivity contribution in [2.75, 3.05) is 18.1 Å². The first-order valence-electron chi connectivity index (χ1n) is 11.2. The molecule has 0 spiro atoms. The van der Waals surface area contributed by atoms with Crippen molar-refractivity contribution < 1.29 is 18.9 Å². The van der Waals surface area contributed by atoms with E-state index in [9.17, 15) is 4.57 Å². The van der Waals surface area contributed by atoms with Gasteiger partial charge in [0.1, 0.15) is 0 Å². The summed E-state index contributed by atoms with van der Waals surface area (Å²) in [4.78, 5) is 17.3. The Kier molecular flexibility index (Phi) is 20.2. The monoisotopic (exact) mass is 435 g/mol. The lowest BCUT2D eigenvalue weighted by molar-refractivity contribution is 0.185. The number of hydrogen-bond acceptors (Lipinski definition) is 4. The van der Waals surface area contributed by atoms with Crippen molar-refractivity contribution in [3.05, 3.63) is 0 Å². The molecule has 0 aromatic carbocycles. The van der Waals surface area contributed by atoms with Crippen molar-refractivity contribution >= 4 is 19.6 Å². The quantitative estimate of drug-likeness (QED) is 0.151. The predicted molar refractivity (Wildman–Crippen MR) is 119 cm³/mol. The molecule has 0 bridgehead atoms. The molecule has 1 unspecified atom stereocenters. The van der Waals surface area contributed by atoms with E-state index in [4.69, 9.17) is 15.0 Å². The molecular formula is C21H42NO4PS. The van der Waals surface area contributed by atoms with Gasteiger partial charge in [-0.25, -0.2) is 4.57 Å². The average Bonchev–Trinajstić information content (AvgIpc) is 2.65. The van der Waals surface area contributed by atoms with Gasteiger partial charge in [0.25, 0.3) is 0 Å². The van der Waals surface area contributed by atoms with Crippen molar-refractivity contribution in [1.29, 1.82) is 5.26 Å². The highest BCUT2D eigenvalue weighted by Crippen LogP contribution is 2.36. The first-order chi connectivity index (χ1) is 13.5. The number of nitrogens with zero attached hydrogens (tertiary/aromatic N) is 1. The average molecular weight is 436 g/mol. The minimum absolute atomic E-state index is 0.202. The number of unbranched alkanes of at least 4 members (excludes halogenated alkanes) is 14. The van der Waals surface area contributed by atoms with Crippen LogP contribution >= 0.6 is 19.6 Å². The summed E-state index contributed by atoms with van der Waals surface area (Å²) < 4.78 is 15.0. The molecule has 2 N–H and O–H groups in total. The number of phosphoric acid groups is 1. The lowest BCUT2D eigenvalue weighted by atomic mass is 10.0. The molecule has 0 aromatic heterocycles. The van der Waals surface area contributed by atoms with Gasteiger partial charge in [-0.1, -0.05) is 96.8 Å². The Labute approximate surface area is 177 Å². The maximum Gasteiger partial charge on any atom is 0.469 e. The molecule has 7 heteroatoms. The highest BCUT2D eigenvalue weighted by atomic mass is 32.2. The van der Waals surface area contributed by atoms with Crippen LogP contribution in [0.3, 0.4) is 0 Å². The summed E-state index contributed by atoms with van der Waals surface area (Å²) in [6.07, 6.45) is 20.3. The Morgan fingerprint density at radius 2 is 1.29 bits per heavy atom. The normalized spacial score (nSPS) is 12.8. The summed E-state index contributed by atoms with van der Waals surface area (Å²) in [6, 6.07) is 2.04. The highest BCUT2D eigenvalue weighted by Gasteiger charge is 2.17. The van der Waals surface area contributed by atoms with Crippen LogP contribution in [0.25, 0.3) is 0 Å².